The van der Waals surface area contributed by atoms with Crippen LogP contribution < -0.4 is 0 Å². The Morgan fingerprint density at radius 3 is 2.89 bits per heavy atom. The van der Waals surface area contributed by atoms with Crippen molar-refractivity contribution in [3.63, 3.8) is 0 Å². The van der Waals surface area contributed by atoms with Gasteiger partial charge in [0.25, 0.3) is 0 Å². The van der Waals surface area contributed by atoms with Gasteiger partial charge < -0.3 is 5.11 Å². The number of aryl methyl sites for hydroxylation is 1. The molecule has 0 unspecified atom stereocenters. The highest BCUT2D eigenvalue weighted by atomic mass is 16.3. The molecule has 0 fully saturated rings. The minimum absolute atomic E-state index is 0.255. The minimum Gasteiger partial charge on any atom is -0.508 e. The molecule has 0 saturated carbocycles. The van der Waals surface area contributed by atoms with Gasteiger partial charge in [0.05, 0.1) is 6.20 Å². The molecule has 2 rings (SSSR count). The predicted molar refractivity (Wildman–Crippen MR) is 71.3 cm³/mol. The molecule has 1 heterocycles. The lowest BCUT2D eigenvalue weighted by Crippen LogP contribution is -1.98. The zero-order chi connectivity index (χ0) is 12.8. The van der Waals surface area contributed by atoms with E-state index in [0.29, 0.717) is 0 Å². The van der Waals surface area contributed by atoms with Crippen molar-refractivity contribution < 1.29 is 5.11 Å². The summed E-state index contributed by atoms with van der Waals surface area (Å²) in [5.41, 5.74) is 1.70. The Morgan fingerprint density at radius 2 is 2.11 bits per heavy atom. The topological polar surface area (TPSA) is 50.9 Å². The maximum atomic E-state index is 9.43. The number of rotatable bonds is 6. The molecule has 0 spiro atoms. The SMILES string of the molecule is CCCCCCn1cc(-c2cccc(O)c2)nn1. The molecular weight excluding hydrogens is 226 g/mol. The lowest BCUT2D eigenvalue weighted by molar-refractivity contribution is 0.475. The molecule has 2 aromatic rings. The third kappa shape index (κ3) is 3.32. The number of nitrogens with zero attached hydrogens (tertiary/aromatic N) is 3. The third-order valence-electron chi connectivity index (χ3n) is 2.92. The van der Waals surface area contributed by atoms with Gasteiger partial charge in [-0.05, 0) is 18.6 Å². The Bertz CT molecular complexity index is 493. The van der Waals surface area contributed by atoms with Gasteiger partial charge in [0.1, 0.15) is 11.4 Å². The number of benzene rings is 1. The van der Waals surface area contributed by atoms with Crippen LogP contribution in [-0.4, -0.2) is 20.1 Å². The number of aromatic nitrogens is 3. The molecule has 1 aromatic carbocycles. The molecule has 1 N–H and O–H groups in total. The van der Waals surface area contributed by atoms with Gasteiger partial charge in [-0.25, -0.2) is 0 Å². The summed E-state index contributed by atoms with van der Waals surface area (Å²) in [6, 6.07) is 7.08. The maximum absolute atomic E-state index is 9.43. The summed E-state index contributed by atoms with van der Waals surface area (Å²) in [6.07, 6.45) is 6.81. The van der Waals surface area contributed by atoms with Crippen LogP contribution in [0.4, 0.5) is 0 Å². The second kappa shape index (κ2) is 6.19. The highest BCUT2D eigenvalue weighted by molar-refractivity contribution is 5.59. The number of unbranched alkanes of at least 4 members (excludes halogenated alkanes) is 3. The highest BCUT2D eigenvalue weighted by Gasteiger charge is 2.04. The van der Waals surface area contributed by atoms with E-state index in [4.69, 9.17) is 0 Å². The fraction of sp³-hybridized carbons (Fsp3) is 0.429. The fourth-order valence-corrected chi connectivity index (χ4v) is 1.91. The summed E-state index contributed by atoms with van der Waals surface area (Å²) in [5, 5.41) is 17.7. The molecule has 0 amide bonds. The molecule has 96 valence electrons. The van der Waals surface area contributed by atoms with E-state index in [2.05, 4.69) is 17.2 Å². The zero-order valence-corrected chi connectivity index (χ0v) is 10.7. The number of aromatic hydroxyl groups is 1. The molecular formula is C14H19N3O. The number of hydrogen-bond acceptors (Lipinski definition) is 3. The van der Waals surface area contributed by atoms with Gasteiger partial charge in [0, 0.05) is 12.1 Å². The van der Waals surface area contributed by atoms with Crippen molar-refractivity contribution in [3.8, 4) is 17.0 Å². The van der Waals surface area contributed by atoms with Gasteiger partial charge in [0.2, 0.25) is 0 Å². The summed E-state index contributed by atoms with van der Waals surface area (Å²) >= 11 is 0. The molecule has 0 aliphatic heterocycles. The molecule has 1 aromatic heterocycles. The first-order valence-corrected chi connectivity index (χ1v) is 6.49. The molecule has 0 aliphatic rings. The second-order valence-corrected chi connectivity index (χ2v) is 4.48. The van der Waals surface area contributed by atoms with Crippen LogP contribution in [0.1, 0.15) is 32.6 Å². The average Bonchev–Trinajstić information content (AvgIpc) is 2.83. The molecule has 0 saturated heterocycles. The Morgan fingerprint density at radius 1 is 1.22 bits per heavy atom. The number of phenols is 1. The molecule has 0 bridgehead atoms. The summed E-state index contributed by atoms with van der Waals surface area (Å²) in [4.78, 5) is 0. The Hall–Kier alpha value is -1.84. The number of hydrogen-bond donors (Lipinski definition) is 1. The smallest absolute Gasteiger partial charge is 0.116 e. The van der Waals surface area contributed by atoms with E-state index in [-0.39, 0.29) is 5.75 Å². The van der Waals surface area contributed by atoms with Crippen LogP contribution in [-0.2, 0) is 6.54 Å². The highest BCUT2D eigenvalue weighted by Crippen LogP contribution is 2.20. The van der Waals surface area contributed by atoms with Crippen molar-refractivity contribution in [2.24, 2.45) is 0 Å². The summed E-state index contributed by atoms with van der Waals surface area (Å²) in [5.74, 6) is 0.255. The van der Waals surface area contributed by atoms with E-state index in [9.17, 15) is 5.11 Å². The largest absolute Gasteiger partial charge is 0.508 e. The average molecular weight is 245 g/mol. The van der Waals surface area contributed by atoms with Crippen molar-refractivity contribution in [1.29, 1.82) is 0 Å². The number of phenolic OH excluding ortho intramolecular Hbond substituents is 1. The van der Waals surface area contributed by atoms with E-state index in [1.807, 2.05) is 23.0 Å². The normalized spacial score (nSPS) is 10.7. The molecule has 4 nitrogen and oxygen atoms in total. The van der Waals surface area contributed by atoms with Crippen LogP contribution in [0.15, 0.2) is 30.5 Å². The van der Waals surface area contributed by atoms with Crippen LogP contribution >= 0.6 is 0 Å². The standard InChI is InChI=1S/C14H19N3O/c1-2-3-4-5-9-17-11-14(15-16-17)12-7-6-8-13(18)10-12/h6-8,10-11,18H,2-5,9H2,1H3. The van der Waals surface area contributed by atoms with Gasteiger partial charge in [-0.3, -0.25) is 4.68 Å². The van der Waals surface area contributed by atoms with Crippen molar-refractivity contribution in [2.45, 2.75) is 39.2 Å². The van der Waals surface area contributed by atoms with Crippen LogP contribution in [0.25, 0.3) is 11.3 Å². The van der Waals surface area contributed by atoms with Gasteiger partial charge in [0.15, 0.2) is 0 Å². The second-order valence-electron chi connectivity index (χ2n) is 4.48. The van der Waals surface area contributed by atoms with E-state index >= 15 is 0 Å². The quantitative estimate of drug-likeness (QED) is 0.795. The first kappa shape index (κ1) is 12.6. The van der Waals surface area contributed by atoms with E-state index in [1.54, 1.807) is 12.1 Å². The van der Waals surface area contributed by atoms with E-state index < -0.39 is 0 Å². The Kier molecular flexibility index (Phi) is 4.34. The van der Waals surface area contributed by atoms with Gasteiger partial charge in [-0.1, -0.05) is 43.5 Å². The minimum atomic E-state index is 0.255. The van der Waals surface area contributed by atoms with Gasteiger partial charge >= 0.3 is 0 Å². The van der Waals surface area contributed by atoms with Crippen molar-refractivity contribution >= 4 is 0 Å². The van der Waals surface area contributed by atoms with Crippen LogP contribution in [0.2, 0.25) is 0 Å². The van der Waals surface area contributed by atoms with Crippen LogP contribution in [0.5, 0.6) is 5.75 Å². The van der Waals surface area contributed by atoms with Gasteiger partial charge in [-0.2, -0.15) is 0 Å². The molecule has 0 radical (unpaired) electrons. The zero-order valence-electron chi connectivity index (χ0n) is 10.7. The maximum Gasteiger partial charge on any atom is 0.116 e. The van der Waals surface area contributed by atoms with E-state index in [0.717, 1.165) is 24.2 Å². The Labute approximate surface area is 107 Å². The van der Waals surface area contributed by atoms with Crippen molar-refractivity contribution in [2.75, 3.05) is 0 Å². The van der Waals surface area contributed by atoms with Crippen LogP contribution in [0, 0.1) is 0 Å². The van der Waals surface area contributed by atoms with Crippen molar-refractivity contribution in [3.05, 3.63) is 30.5 Å². The molecule has 0 aliphatic carbocycles. The van der Waals surface area contributed by atoms with E-state index in [1.165, 1.54) is 19.3 Å². The fourth-order valence-electron chi connectivity index (χ4n) is 1.91. The van der Waals surface area contributed by atoms with Gasteiger partial charge in [-0.15, -0.1) is 5.10 Å². The van der Waals surface area contributed by atoms with Crippen molar-refractivity contribution in [1.82, 2.24) is 15.0 Å². The lowest BCUT2D eigenvalue weighted by Gasteiger charge is -1.99. The summed E-state index contributed by atoms with van der Waals surface area (Å²) in [7, 11) is 0. The first-order chi connectivity index (χ1) is 8.79. The monoisotopic (exact) mass is 245 g/mol. The first-order valence-electron chi connectivity index (χ1n) is 6.49. The summed E-state index contributed by atoms with van der Waals surface area (Å²) < 4.78 is 1.87. The lowest BCUT2D eigenvalue weighted by atomic mass is 10.1. The molecule has 18 heavy (non-hydrogen) atoms. The summed E-state index contributed by atoms with van der Waals surface area (Å²) in [6.45, 7) is 3.11. The molecule has 0 atom stereocenters. The predicted octanol–water partition coefficient (Wildman–Crippen LogP) is 3.23. The van der Waals surface area contributed by atoms with Crippen LogP contribution in [0.3, 0.4) is 0 Å². The molecule has 4 heteroatoms. The Balaban J connectivity index is 1.97. The third-order valence-corrected chi connectivity index (χ3v) is 2.92.